The quantitative estimate of drug-likeness (QED) is 0.657. The predicted octanol–water partition coefficient (Wildman–Crippen LogP) is 2.93. The lowest BCUT2D eigenvalue weighted by atomic mass is 9.85. The van der Waals surface area contributed by atoms with Gasteiger partial charge in [0.1, 0.15) is 5.82 Å². The molecule has 1 aliphatic carbocycles. The summed E-state index contributed by atoms with van der Waals surface area (Å²) in [4.78, 5) is 15.9. The van der Waals surface area contributed by atoms with Crippen LogP contribution in [0.5, 0.6) is 0 Å². The van der Waals surface area contributed by atoms with Gasteiger partial charge in [0.05, 0.1) is 0 Å². The van der Waals surface area contributed by atoms with Gasteiger partial charge in [-0.15, -0.1) is 5.10 Å². The Kier molecular flexibility index (Phi) is 4.43. The van der Waals surface area contributed by atoms with Crippen LogP contribution in [0, 0.1) is 5.92 Å². The monoisotopic (exact) mass is 350 g/mol. The molecule has 7 heteroatoms. The van der Waals surface area contributed by atoms with Crippen LogP contribution in [0.1, 0.15) is 25.7 Å². The van der Waals surface area contributed by atoms with Crippen LogP contribution in [0.4, 0.5) is 17.5 Å². The predicted molar refractivity (Wildman–Crippen MR) is 101 cm³/mol. The van der Waals surface area contributed by atoms with Gasteiger partial charge in [0.25, 0.3) is 0 Å². The third kappa shape index (κ3) is 3.46. The Bertz CT molecular complexity index is 899. The largest absolute Gasteiger partial charge is 0.369 e. The van der Waals surface area contributed by atoms with Crippen molar-refractivity contribution in [2.75, 3.05) is 10.6 Å². The van der Waals surface area contributed by atoms with E-state index in [9.17, 15) is 4.79 Å². The average Bonchev–Trinajstić information content (AvgIpc) is 3.06. The van der Waals surface area contributed by atoms with Gasteiger partial charge < -0.3 is 16.4 Å². The summed E-state index contributed by atoms with van der Waals surface area (Å²) in [5, 5.41) is 11.3. The van der Waals surface area contributed by atoms with Gasteiger partial charge in [0.15, 0.2) is 5.65 Å². The topological polar surface area (TPSA) is 97.3 Å². The molecule has 1 aromatic carbocycles. The molecular weight excluding hydrogens is 328 g/mol. The molecule has 26 heavy (non-hydrogen) atoms. The van der Waals surface area contributed by atoms with E-state index < -0.39 is 0 Å². The maximum absolute atomic E-state index is 11.3. The number of primary amides is 1. The fourth-order valence-electron chi connectivity index (χ4n) is 3.45. The van der Waals surface area contributed by atoms with Crippen LogP contribution in [0.3, 0.4) is 0 Å². The van der Waals surface area contributed by atoms with Gasteiger partial charge >= 0.3 is 0 Å². The number of nitrogens with zero attached hydrogens (tertiary/aromatic N) is 3. The number of anilines is 3. The van der Waals surface area contributed by atoms with Gasteiger partial charge in [0, 0.05) is 17.6 Å². The molecule has 4 N–H and O–H groups in total. The Labute approximate surface area is 151 Å². The lowest BCUT2D eigenvalue weighted by Gasteiger charge is -2.28. The standard InChI is InChI=1S/C19H22N6O/c20-18(26)13-9-11-15(12-10-13)21-16-7-4-8-17-23-19(24-25(16)17)22-14-5-2-1-3-6-14/h1-8,13,15,21H,9-12H2,(H2,20,26)(H,22,24). The second-order valence-electron chi connectivity index (χ2n) is 6.70. The van der Waals surface area contributed by atoms with Crippen molar-refractivity contribution in [2.45, 2.75) is 31.7 Å². The van der Waals surface area contributed by atoms with E-state index in [1.807, 2.05) is 53.0 Å². The minimum absolute atomic E-state index is 0.0110. The number of aromatic nitrogens is 3. The molecule has 0 atom stereocenters. The maximum Gasteiger partial charge on any atom is 0.247 e. The molecule has 7 nitrogen and oxygen atoms in total. The first-order chi connectivity index (χ1) is 12.7. The summed E-state index contributed by atoms with van der Waals surface area (Å²) in [6.45, 7) is 0. The van der Waals surface area contributed by atoms with Gasteiger partial charge in [-0.25, -0.2) is 0 Å². The van der Waals surface area contributed by atoms with Crippen LogP contribution in [0.25, 0.3) is 5.65 Å². The molecular formula is C19H22N6O. The Balaban J connectivity index is 1.50. The molecule has 4 rings (SSSR count). The highest BCUT2D eigenvalue weighted by Crippen LogP contribution is 2.26. The van der Waals surface area contributed by atoms with E-state index >= 15 is 0 Å². The number of para-hydroxylation sites is 1. The van der Waals surface area contributed by atoms with Crippen molar-refractivity contribution < 1.29 is 4.79 Å². The van der Waals surface area contributed by atoms with Gasteiger partial charge in [-0.2, -0.15) is 9.50 Å². The summed E-state index contributed by atoms with van der Waals surface area (Å²) in [6.07, 6.45) is 3.52. The van der Waals surface area contributed by atoms with Crippen LogP contribution in [-0.4, -0.2) is 26.5 Å². The van der Waals surface area contributed by atoms with Gasteiger partial charge in [-0.3, -0.25) is 4.79 Å². The van der Waals surface area contributed by atoms with E-state index in [2.05, 4.69) is 20.7 Å². The number of carbonyl (C=O) groups excluding carboxylic acids is 1. The van der Waals surface area contributed by atoms with Crippen LogP contribution in [0.2, 0.25) is 0 Å². The Morgan fingerprint density at radius 2 is 1.81 bits per heavy atom. The molecule has 0 aliphatic heterocycles. The molecule has 0 saturated heterocycles. The molecule has 0 radical (unpaired) electrons. The third-order valence-corrected chi connectivity index (χ3v) is 4.87. The third-order valence-electron chi connectivity index (χ3n) is 4.87. The number of pyridine rings is 1. The number of fused-ring (bicyclic) bond motifs is 1. The van der Waals surface area contributed by atoms with Crippen molar-refractivity contribution in [3.63, 3.8) is 0 Å². The normalized spacial score (nSPS) is 20.0. The lowest BCUT2D eigenvalue weighted by Crippen LogP contribution is -2.32. The number of nitrogens with one attached hydrogen (secondary N) is 2. The fourth-order valence-corrected chi connectivity index (χ4v) is 3.45. The SMILES string of the molecule is NC(=O)C1CCC(Nc2cccc3nc(Nc4ccccc4)nn23)CC1. The minimum Gasteiger partial charge on any atom is -0.369 e. The van der Waals surface area contributed by atoms with E-state index in [-0.39, 0.29) is 11.8 Å². The van der Waals surface area contributed by atoms with Crippen molar-refractivity contribution in [1.29, 1.82) is 0 Å². The number of hydrogen-bond donors (Lipinski definition) is 3. The summed E-state index contributed by atoms with van der Waals surface area (Å²) in [6, 6.07) is 16.0. The van der Waals surface area contributed by atoms with Crippen LogP contribution >= 0.6 is 0 Å². The number of hydrogen-bond acceptors (Lipinski definition) is 5. The Hall–Kier alpha value is -3.09. The first kappa shape index (κ1) is 16.4. The number of amides is 1. The van der Waals surface area contributed by atoms with E-state index in [0.717, 1.165) is 42.8 Å². The van der Waals surface area contributed by atoms with Crippen molar-refractivity contribution in [3.8, 4) is 0 Å². The Morgan fingerprint density at radius 3 is 2.54 bits per heavy atom. The molecule has 1 saturated carbocycles. The van der Waals surface area contributed by atoms with E-state index in [4.69, 9.17) is 5.73 Å². The summed E-state index contributed by atoms with van der Waals surface area (Å²) >= 11 is 0. The molecule has 0 unspecified atom stereocenters. The van der Waals surface area contributed by atoms with Gasteiger partial charge in [-0.05, 0) is 49.9 Å². The zero-order chi connectivity index (χ0) is 17.9. The maximum atomic E-state index is 11.3. The summed E-state index contributed by atoms with van der Waals surface area (Å²) < 4.78 is 1.81. The van der Waals surface area contributed by atoms with Crippen molar-refractivity contribution >= 4 is 29.0 Å². The Morgan fingerprint density at radius 1 is 1.04 bits per heavy atom. The fraction of sp³-hybridized carbons (Fsp3) is 0.316. The number of nitrogens with two attached hydrogens (primary N) is 1. The minimum atomic E-state index is -0.182. The highest BCUT2D eigenvalue weighted by Gasteiger charge is 2.25. The van der Waals surface area contributed by atoms with Crippen molar-refractivity contribution in [1.82, 2.24) is 14.6 Å². The molecule has 3 aromatic rings. The molecule has 1 aliphatic rings. The molecule has 0 bridgehead atoms. The van der Waals surface area contributed by atoms with Crippen molar-refractivity contribution in [3.05, 3.63) is 48.5 Å². The van der Waals surface area contributed by atoms with Crippen molar-refractivity contribution in [2.24, 2.45) is 11.7 Å². The number of rotatable bonds is 5. The second kappa shape index (κ2) is 7.03. The van der Waals surface area contributed by atoms with E-state index in [0.29, 0.717) is 12.0 Å². The lowest BCUT2D eigenvalue weighted by molar-refractivity contribution is -0.122. The van der Waals surface area contributed by atoms with Gasteiger partial charge in [-0.1, -0.05) is 24.3 Å². The number of carbonyl (C=O) groups is 1. The van der Waals surface area contributed by atoms with Crippen LogP contribution < -0.4 is 16.4 Å². The van der Waals surface area contributed by atoms with Crippen LogP contribution in [-0.2, 0) is 4.79 Å². The van der Waals surface area contributed by atoms with E-state index in [1.165, 1.54) is 0 Å². The summed E-state index contributed by atoms with van der Waals surface area (Å²) in [5.41, 5.74) is 7.14. The number of benzene rings is 1. The summed E-state index contributed by atoms with van der Waals surface area (Å²) in [7, 11) is 0. The highest BCUT2D eigenvalue weighted by molar-refractivity contribution is 5.76. The molecule has 2 heterocycles. The molecule has 1 fully saturated rings. The zero-order valence-corrected chi connectivity index (χ0v) is 14.4. The zero-order valence-electron chi connectivity index (χ0n) is 14.4. The second-order valence-corrected chi connectivity index (χ2v) is 6.70. The average molecular weight is 350 g/mol. The molecule has 1 amide bonds. The molecule has 2 aromatic heterocycles. The van der Waals surface area contributed by atoms with Gasteiger partial charge in [0.2, 0.25) is 11.9 Å². The molecule has 134 valence electrons. The molecule has 0 spiro atoms. The first-order valence-electron chi connectivity index (χ1n) is 8.93. The summed E-state index contributed by atoms with van der Waals surface area (Å²) in [5.74, 6) is 1.29. The van der Waals surface area contributed by atoms with Crippen LogP contribution in [0.15, 0.2) is 48.5 Å². The highest BCUT2D eigenvalue weighted by atomic mass is 16.1. The smallest absolute Gasteiger partial charge is 0.247 e. The first-order valence-corrected chi connectivity index (χ1v) is 8.93. The van der Waals surface area contributed by atoms with E-state index in [1.54, 1.807) is 0 Å².